The van der Waals surface area contributed by atoms with Crippen LogP contribution < -0.4 is 15.1 Å². The summed E-state index contributed by atoms with van der Waals surface area (Å²) < 4.78 is 5.54. The van der Waals surface area contributed by atoms with Gasteiger partial charge in [0.1, 0.15) is 19.1 Å². The number of hydrogen-bond donors (Lipinski definition) is 3. The predicted octanol–water partition coefficient (Wildman–Crippen LogP) is -0.784. The molecule has 0 spiro atoms. The Morgan fingerprint density at radius 1 is 1.08 bits per heavy atom. The van der Waals surface area contributed by atoms with E-state index in [2.05, 4.69) is 42.6 Å². The van der Waals surface area contributed by atoms with Crippen molar-refractivity contribution in [3.8, 4) is 0 Å². The first-order chi connectivity index (χ1) is 12.2. The molecule has 25 heavy (non-hydrogen) atoms. The van der Waals surface area contributed by atoms with Gasteiger partial charge in [-0.2, -0.15) is 0 Å². The number of morpholine rings is 1. The normalized spacial score (nSPS) is 22.3. The summed E-state index contributed by atoms with van der Waals surface area (Å²) in [4.78, 5) is 15.5. The van der Waals surface area contributed by atoms with Crippen molar-refractivity contribution < 1.29 is 19.3 Å². The van der Waals surface area contributed by atoms with Crippen molar-refractivity contribution in [1.29, 1.82) is 0 Å². The average Bonchev–Trinajstić information content (AvgIpc) is 2.64. The maximum absolute atomic E-state index is 12.6. The third-order valence-electron chi connectivity index (χ3n) is 5.59. The zero-order valence-electron chi connectivity index (χ0n) is 15.4. The number of hydrogen-bond acceptors (Lipinski definition) is 2. The minimum absolute atomic E-state index is 0.118. The van der Waals surface area contributed by atoms with Gasteiger partial charge in [-0.15, -0.1) is 0 Å². The number of likely N-dealkylation sites (tertiary alicyclic amines) is 1. The van der Waals surface area contributed by atoms with E-state index in [-0.39, 0.29) is 18.0 Å². The van der Waals surface area contributed by atoms with Gasteiger partial charge in [0.15, 0.2) is 6.54 Å². The molecule has 1 aromatic rings. The van der Waals surface area contributed by atoms with Crippen LogP contribution in [0.1, 0.15) is 37.8 Å². The Morgan fingerprint density at radius 3 is 2.44 bits per heavy atom. The lowest BCUT2D eigenvalue weighted by Crippen LogP contribution is -3.16. The molecule has 0 unspecified atom stereocenters. The predicted molar refractivity (Wildman–Crippen MR) is 97.7 cm³/mol. The van der Waals surface area contributed by atoms with E-state index in [0.29, 0.717) is 6.54 Å². The van der Waals surface area contributed by atoms with E-state index >= 15 is 0 Å². The molecule has 2 atom stereocenters. The summed E-state index contributed by atoms with van der Waals surface area (Å²) in [5.74, 6) is 0.193. The Labute approximate surface area is 151 Å². The minimum atomic E-state index is 0.118. The molecule has 5 heteroatoms. The fraction of sp³-hybridized carbons (Fsp3) is 0.650. The number of piperidine rings is 1. The van der Waals surface area contributed by atoms with Gasteiger partial charge >= 0.3 is 0 Å². The van der Waals surface area contributed by atoms with Gasteiger partial charge in [0.2, 0.25) is 0 Å². The maximum atomic E-state index is 12.6. The number of quaternary nitrogens is 2. The second-order valence-electron chi connectivity index (χ2n) is 7.50. The van der Waals surface area contributed by atoms with Crippen molar-refractivity contribution in [3.63, 3.8) is 0 Å². The second kappa shape index (κ2) is 9.32. The molecule has 2 fully saturated rings. The lowest BCUT2D eigenvalue weighted by molar-refractivity contribution is -0.940. The average molecular weight is 348 g/mol. The summed E-state index contributed by atoms with van der Waals surface area (Å²) in [6.07, 6.45) is 3.82. The largest absolute Gasteiger partial charge is 0.370 e. The molecule has 1 amide bonds. The number of ether oxygens (including phenoxy) is 1. The Hall–Kier alpha value is -1.43. The third kappa shape index (κ3) is 5.27. The lowest BCUT2D eigenvalue weighted by atomic mass is 9.98. The van der Waals surface area contributed by atoms with E-state index in [4.69, 9.17) is 4.74 Å². The molecule has 2 heterocycles. The highest BCUT2D eigenvalue weighted by molar-refractivity contribution is 5.77. The maximum Gasteiger partial charge on any atom is 0.275 e. The van der Waals surface area contributed by atoms with Crippen LogP contribution in [0.5, 0.6) is 0 Å². The summed E-state index contributed by atoms with van der Waals surface area (Å²) in [5, 5.41) is 3.30. The van der Waals surface area contributed by atoms with Gasteiger partial charge in [0.25, 0.3) is 5.91 Å². The summed E-state index contributed by atoms with van der Waals surface area (Å²) >= 11 is 0. The van der Waals surface area contributed by atoms with Crippen LogP contribution in [0, 0.1) is 0 Å². The Kier molecular flexibility index (Phi) is 6.84. The number of carbonyl (C=O) groups is 1. The molecule has 2 aliphatic heterocycles. The molecular formula is C20H33N3O2+2. The fourth-order valence-corrected chi connectivity index (χ4v) is 4.33. The van der Waals surface area contributed by atoms with Crippen LogP contribution in [-0.2, 0) is 9.53 Å². The molecule has 0 aromatic heterocycles. The van der Waals surface area contributed by atoms with Gasteiger partial charge < -0.3 is 19.9 Å². The van der Waals surface area contributed by atoms with Gasteiger partial charge in [-0.25, -0.2) is 0 Å². The van der Waals surface area contributed by atoms with Crippen LogP contribution in [0.4, 0.5) is 0 Å². The first-order valence-electron chi connectivity index (χ1n) is 9.84. The number of carbonyl (C=O) groups excluding carboxylic acids is 1. The minimum Gasteiger partial charge on any atom is -0.370 e. The molecule has 0 radical (unpaired) electrons. The zero-order chi connectivity index (χ0) is 17.5. The molecule has 0 bridgehead atoms. The molecule has 138 valence electrons. The first kappa shape index (κ1) is 18.4. The summed E-state index contributed by atoms with van der Waals surface area (Å²) in [6.45, 7) is 8.65. The van der Waals surface area contributed by atoms with Crippen LogP contribution in [0.25, 0.3) is 0 Å². The van der Waals surface area contributed by atoms with Crippen LogP contribution >= 0.6 is 0 Å². The highest BCUT2D eigenvalue weighted by Gasteiger charge is 2.32. The van der Waals surface area contributed by atoms with E-state index < -0.39 is 0 Å². The Balaban J connectivity index is 1.63. The number of rotatable bonds is 6. The third-order valence-corrected chi connectivity index (χ3v) is 5.59. The monoisotopic (exact) mass is 347 g/mol. The van der Waals surface area contributed by atoms with Crippen molar-refractivity contribution in [1.82, 2.24) is 5.32 Å². The van der Waals surface area contributed by atoms with Crippen molar-refractivity contribution in [2.45, 2.75) is 38.3 Å². The number of amides is 1. The standard InChI is InChI=1S/C20H31N3O2/c1-17(21-19(24)16-22-10-6-3-7-11-22)20(18-8-4-2-5-9-18)23-12-14-25-15-13-23/h2,4-5,8-9,17,20H,3,6-7,10-16H2,1H3,(H,21,24)/p+2/t17-,20-/m1/s1. The van der Waals surface area contributed by atoms with E-state index in [1.54, 1.807) is 0 Å². The smallest absolute Gasteiger partial charge is 0.275 e. The fourth-order valence-electron chi connectivity index (χ4n) is 4.33. The molecule has 1 aromatic carbocycles. The van der Waals surface area contributed by atoms with Crippen molar-refractivity contribution >= 4 is 5.91 Å². The lowest BCUT2D eigenvalue weighted by Gasteiger charge is -2.35. The first-order valence-corrected chi connectivity index (χ1v) is 9.84. The molecule has 2 aliphatic rings. The Morgan fingerprint density at radius 2 is 1.76 bits per heavy atom. The van der Waals surface area contributed by atoms with E-state index in [9.17, 15) is 4.79 Å². The van der Waals surface area contributed by atoms with Gasteiger partial charge in [-0.1, -0.05) is 30.3 Å². The highest BCUT2D eigenvalue weighted by atomic mass is 16.5. The van der Waals surface area contributed by atoms with Crippen LogP contribution in [0.3, 0.4) is 0 Å². The van der Waals surface area contributed by atoms with E-state index in [1.165, 1.54) is 34.6 Å². The molecular weight excluding hydrogens is 314 g/mol. The van der Waals surface area contributed by atoms with Crippen LogP contribution in [0.2, 0.25) is 0 Å². The SMILES string of the molecule is C[C@@H](NC(=O)C[NH+]1CCCCC1)[C@H](c1ccccc1)[NH+]1CCOCC1. The molecule has 0 aliphatic carbocycles. The number of benzene rings is 1. The van der Waals surface area contributed by atoms with Crippen molar-refractivity contribution in [2.24, 2.45) is 0 Å². The van der Waals surface area contributed by atoms with Crippen LogP contribution in [0.15, 0.2) is 30.3 Å². The van der Waals surface area contributed by atoms with E-state index in [0.717, 1.165) is 39.4 Å². The Bertz CT molecular complexity index is 525. The molecule has 3 rings (SSSR count). The summed E-state index contributed by atoms with van der Waals surface area (Å²) in [6, 6.07) is 11.0. The topological polar surface area (TPSA) is 47.2 Å². The van der Waals surface area contributed by atoms with Gasteiger partial charge in [0.05, 0.1) is 32.3 Å². The summed E-state index contributed by atoms with van der Waals surface area (Å²) in [7, 11) is 0. The van der Waals surface area contributed by atoms with Gasteiger partial charge in [-0.3, -0.25) is 4.79 Å². The van der Waals surface area contributed by atoms with Gasteiger partial charge in [0, 0.05) is 5.56 Å². The van der Waals surface area contributed by atoms with Crippen LogP contribution in [-0.4, -0.2) is 57.9 Å². The van der Waals surface area contributed by atoms with Crippen molar-refractivity contribution in [3.05, 3.63) is 35.9 Å². The van der Waals surface area contributed by atoms with Crippen molar-refractivity contribution in [2.75, 3.05) is 45.9 Å². The van der Waals surface area contributed by atoms with Gasteiger partial charge in [-0.05, 0) is 26.2 Å². The summed E-state index contributed by atoms with van der Waals surface area (Å²) in [5.41, 5.74) is 1.30. The molecule has 0 saturated carbocycles. The van der Waals surface area contributed by atoms with E-state index in [1.807, 2.05) is 0 Å². The molecule has 2 saturated heterocycles. The number of nitrogens with one attached hydrogen (secondary N) is 3. The molecule has 3 N–H and O–H groups in total. The second-order valence-corrected chi connectivity index (χ2v) is 7.50. The highest BCUT2D eigenvalue weighted by Crippen LogP contribution is 2.14. The quantitative estimate of drug-likeness (QED) is 0.632. The molecule has 5 nitrogen and oxygen atoms in total. The zero-order valence-corrected chi connectivity index (χ0v) is 15.4.